The molecule has 1 aliphatic rings. The Morgan fingerprint density at radius 1 is 1.29 bits per heavy atom. The summed E-state index contributed by atoms with van der Waals surface area (Å²) in [6.45, 7) is 2.02. The number of aryl methyl sites for hydroxylation is 1. The number of hydrogen-bond acceptors (Lipinski definition) is 4. The number of benzene rings is 1. The van der Waals surface area contributed by atoms with Gasteiger partial charge in [0, 0.05) is 22.4 Å². The third kappa shape index (κ3) is 4.54. The quantitative estimate of drug-likeness (QED) is 0.873. The van der Waals surface area contributed by atoms with Crippen LogP contribution >= 0.6 is 0 Å². The van der Waals surface area contributed by atoms with Crippen molar-refractivity contribution >= 4 is 16.7 Å². The van der Waals surface area contributed by atoms with E-state index >= 15 is 0 Å². The summed E-state index contributed by atoms with van der Waals surface area (Å²) in [5.74, 6) is 0.622. The number of hydrogen-bond donors (Lipinski definition) is 1. The Kier molecular flexibility index (Phi) is 5.45. The summed E-state index contributed by atoms with van der Waals surface area (Å²) in [4.78, 5) is 16.3. The number of carbonyl (C=O) groups excluding carboxylic acids is 1. The van der Waals surface area contributed by atoms with Gasteiger partial charge in [0.05, 0.1) is 11.4 Å². The fraction of sp³-hybridized carbons (Fsp3) is 0.444. The molecular formula is C18H22N2O3S. The van der Waals surface area contributed by atoms with Gasteiger partial charge >= 0.3 is 0 Å². The highest BCUT2D eigenvalue weighted by Crippen LogP contribution is 2.20. The SMILES string of the molecule is Cc1ccc(-c2nc(CS(=O)CC(=O)NC3CCCC3)co2)cc1. The van der Waals surface area contributed by atoms with Crippen molar-refractivity contribution in [1.29, 1.82) is 0 Å². The van der Waals surface area contributed by atoms with Gasteiger partial charge in [0.25, 0.3) is 0 Å². The number of carbonyl (C=O) groups is 1. The number of nitrogens with one attached hydrogen (secondary N) is 1. The minimum atomic E-state index is -1.28. The smallest absolute Gasteiger partial charge is 0.232 e. The van der Waals surface area contributed by atoms with Crippen molar-refractivity contribution in [3.05, 3.63) is 41.8 Å². The van der Waals surface area contributed by atoms with E-state index in [4.69, 9.17) is 4.42 Å². The second-order valence-electron chi connectivity index (χ2n) is 6.29. The lowest BCUT2D eigenvalue weighted by molar-refractivity contribution is -0.119. The average molecular weight is 346 g/mol. The van der Waals surface area contributed by atoms with E-state index in [2.05, 4.69) is 10.3 Å². The third-order valence-electron chi connectivity index (χ3n) is 4.17. The van der Waals surface area contributed by atoms with Gasteiger partial charge in [0.2, 0.25) is 11.8 Å². The summed E-state index contributed by atoms with van der Waals surface area (Å²) >= 11 is 0. The van der Waals surface area contributed by atoms with E-state index < -0.39 is 10.8 Å². The molecule has 1 N–H and O–H groups in total. The fourth-order valence-corrected chi connectivity index (χ4v) is 3.84. The van der Waals surface area contributed by atoms with E-state index in [-0.39, 0.29) is 23.5 Å². The molecule has 128 valence electrons. The lowest BCUT2D eigenvalue weighted by atomic mass is 10.1. The maximum atomic E-state index is 12.2. The van der Waals surface area contributed by atoms with E-state index in [1.165, 1.54) is 11.8 Å². The van der Waals surface area contributed by atoms with Crippen LogP contribution in [0.3, 0.4) is 0 Å². The summed E-state index contributed by atoms with van der Waals surface area (Å²) in [7, 11) is -1.28. The minimum absolute atomic E-state index is 0.0171. The number of rotatable bonds is 6. The Bertz CT molecular complexity index is 718. The van der Waals surface area contributed by atoms with Crippen LogP contribution in [0, 0.1) is 6.92 Å². The molecule has 1 amide bonds. The summed E-state index contributed by atoms with van der Waals surface area (Å²) in [5, 5.41) is 2.96. The molecule has 5 nitrogen and oxygen atoms in total. The normalized spacial score (nSPS) is 16.2. The molecule has 1 aliphatic carbocycles. The van der Waals surface area contributed by atoms with Gasteiger partial charge in [-0.05, 0) is 31.9 Å². The van der Waals surface area contributed by atoms with Crippen molar-refractivity contribution < 1.29 is 13.4 Å². The lowest BCUT2D eigenvalue weighted by Crippen LogP contribution is -2.35. The molecule has 0 radical (unpaired) electrons. The van der Waals surface area contributed by atoms with E-state index in [1.807, 2.05) is 31.2 Å². The third-order valence-corrected chi connectivity index (χ3v) is 5.37. The van der Waals surface area contributed by atoms with Crippen LogP contribution in [0.1, 0.15) is 36.9 Å². The van der Waals surface area contributed by atoms with Gasteiger partial charge in [-0.3, -0.25) is 9.00 Å². The molecule has 6 heteroatoms. The van der Waals surface area contributed by atoms with Gasteiger partial charge in [-0.25, -0.2) is 4.98 Å². The van der Waals surface area contributed by atoms with Crippen molar-refractivity contribution in [3.8, 4) is 11.5 Å². The molecule has 0 spiro atoms. The Morgan fingerprint density at radius 2 is 2.00 bits per heavy atom. The van der Waals surface area contributed by atoms with Crippen LogP contribution in [0.25, 0.3) is 11.5 Å². The molecule has 1 aromatic carbocycles. The highest BCUT2D eigenvalue weighted by Gasteiger charge is 2.19. The zero-order valence-electron chi connectivity index (χ0n) is 13.8. The maximum absolute atomic E-state index is 12.2. The lowest BCUT2D eigenvalue weighted by Gasteiger charge is -2.11. The minimum Gasteiger partial charge on any atom is -0.444 e. The van der Waals surface area contributed by atoms with E-state index in [1.54, 1.807) is 0 Å². The van der Waals surface area contributed by atoms with Gasteiger partial charge < -0.3 is 9.73 Å². The standard InChI is InChI=1S/C18H22N2O3S/c1-13-6-8-14(9-7-13)18-20-16(10-23-18)11-24(22)12-17(21)19-15-4-2-3-5-15/h6-10,15H,2-5,11-12H2,1H3,(H,19,21). The second kappa shape index (κ2) is 7.75. The highest BCUT2D eigenvalue weighted by molar-refractivity contribution is 7.84. The molecule has 1 aromatic heterocycles. The Labute approximate surface area is 144 Å². The van der Waals surface area contributed by atoms with Crippen LogP contribution in [0.15, 0.2) is 34.9 Å². The number of nitrogens with zero attached hydrogens (tertiary/aromatic N) is 1. The maximum Gasteiger partial charge on any atom is 0.232 e. The van der Waals surface area contributed by atoms with Crippen molar-refractivity contribution in [1.82, 2.24) is 10.3 Å². The first-order valence-electron chi connectivity index (χ1n) is 8.26. The monoisotopic (exact) mass is 346 g/mol. The molecule has 0 aliphatic heterocycles. The molecule has 3 rings (SSSR count). The molecule has 0 saturated heterocycles. The predicted molar refractivity (Wildman–Crippen MR) is 93.8 cm³/mol. The Balaban J connectivity index is 1.53. The van der Waals surface area contributed by atoms with Crippen molar-refractivity contribution in [2.45, 2.75) is 44.4 Å². The first kappa shape index (κ1) is 16.9. The number of aromatic nitrogens is 1. The second-order valence-corrected chi connectivity index (χ2v) is 7.74. The predicted octanol–water partition coefficient (Wildman–Crippen LogP) is 2.96. The summed E-state index contributed by atoms with van der Waals surface area (Å²) in [6.07, 6.45) is 5.90. The topological polar surface area (TPSA) is 72.2 Å². The molecule has 1 unspecified atom stereocenters. The van der Waals surface area contributed by atoms with E-state index in [9.17, 15) is 9.00 Å². The fourth-order valence-electron chi connectivity index (χ4n) is 2.90. The molecule has 2 aromatic rings. The highest BCUT2D eigenvalue weighted by atomic mass is 32.2. The number of oxazole rings is 1. The van der Waals surface area contributed by atoms with E-state index in [0.29, 0.717) is 11.6 Å². The van der Waals surface area contributed by atoms with Gasteiger partial charge in [0.1, 0.15) is 12.0 Å². The average Bonchev–Trinajstić information content (AvgIpc) is 3.19. The molecule has 24 heavy (non-hydrogen) atoms. The Hall–Kier alpha value is -1.95. The first-order valence-corrected chi connectivity index (χ1v) is 9.75. The van der Waals surface area contributed by atoms with Crippen LogP contribution in [-0.4, -0.2) is 26.9 Å². The molecule has 0 bridgehead atoms. The van der Waals surface area contributed by atoms with Crippen LogP contribution in [0.4, 0.5) is 0 Å². The van der Waals surface area contributed by atoms with Gasteiger partial charge in [-0.15, -0.1) is 0 Å². The molecular weight excluding hydrogens is 324 g/mol. The van der Waals surface area contributed by atoms with Crippen LogP contribution in [-0.2, 0) is 21.3 Å². The van der Waals surface area contributed by atoms with E-state index in [0.717, 1.165) is 31.2 Å². The molecule has 1 atom stereocenters. The Morgan fingerprint density at radius 3 is 2.71 bits per heavy atom. The van der Waals surface area contributed by atoms with Gasteiger partial charge in [-0.2, -0.15) is 0 Å². The van der Waals surface area contributed by atoms with Crippen LogP contribution in [0.5, 0.6) is 0 Å². The zero-order chi connectivity index (χ0) is 16.9. The first-order chi connectivity index (χ1) is 11.6. The summed E-state index contributed by atoms with van der Waals surface area (Å²) in [6, 6.07) is 8.12. The van der Waals surface area contributed by atoms with Crippen molar-refractivity contribution in [2.75, 3.05) is 5.75 Å². The largest absolute Gasteiger partial charge is 0.444 e. The van der Waals surface area contributed by atoms with Gasteiger partial charge in [-0.1, -0.05) is 30.5 Å². The summed E-state index contributed by atoms with van der Waals surface area (Å²) < 4.78 is 17.6. The van der Waals surface area contributed by atoms with Gasteiger partial charge in [0.15, 0.2) is 0 Å². The molecule has 1 heterocycles. The van der Waals surface area contributed by atoms with Crippen molar-refractivity contribution in [3.63, 3.8) is 0 Å². The number of amides is 1. The zero-order valence-corrected chi connectivity index (χ0v) is 14.6. The van der Waals surface area contributed by atoms with Crippen molar-refractivity contribution in [2.24, 2.45) is 0 Å². The summed E-state index contributed by atoms with van der Waals surface area (Å²) in [5.41, 5.74) is 2.66. The van der Waals surface area contributed by atoms with Crippen LogP contribution < -0.4 is 5.32 Å². The molecule has 1 saturated carbocycles. The van der Waals surface area contributed by atoms with Crippen LogP contribution in [0.2, 0.25) is 0 Å². The molecule has 1 fully saturated rings.